The summed E-state index contributed by atoms with van der Waals surface area (Å²) >= 11 is 0. The lowest BCUT2D eigenvalue weighted by molar-refractivity contribution is -0.120. The quantitative estimate of drug-likeness (QED) is 0.862. The number of Topliss-reactive ketones (excluding diaryl/α,β-unsaturated/α-hetero) is 1. The van der Waals surface area contributed by atoms with E-state index in [2.05, 4.69) is 17.9 Å². The summed E-state index contributed by atoms with van der Waals surface area (Å²) in [7, 11) is 3.53. The third-order valence-electron chi connectivity index (χ3n) is 5.05. The first kappa shape index (κ1) is 15.7. The van der Waals surface area contributed by atoms with Crippen molar-refractivity contribution in [1.82, 2.24) is 4.90 Å². The van der Waals surface area contributed by atoms with Crippen LogP contribution in [0.2, 0.25) is 0 Å². The van der Waals surface area contributed by atoms with Crippen molar-refractivity contribution >= 4 is 11.6 Å². The first-order chi connectivity index (χ1) is 11.0. The molecule has 0 spiro atoms. The summed E-state index contributed by atoms with van der Waals surface area (Å²) in [6.07, 6.45) is 7.29. The Morgan fingerprint density at radius 2 is 2.04 bits per heavy atom. The molecule has 0 aromatic rings. The number of carbonyl (C=O) groups excluding carboxylic acids is 2. The van der Waals surface area contributed by atoms with Crippen LogP contribution in [0, 0.1) is 11.8 Å². The number of ketones is 2. The summed E-state index contributed by atoms with van der Waals surface area (Å²) in [4.78, 5) is 26.3. The van der Waals surface area contributed by atoms with Gasteiger partial charge in [-0.25, -0.2) is 0 Å². The van der Waals surface area contributed by atoms with E-state index in [9.17, 15) is 14.7 Å². The van der Waals surface area contributed by atoms with Crippen molar-refractivity contribution in [3.05, 3.63) is 47.0 Å². The van der Waals surface area contributed by atoms with Crippen LogP contribution in [0.3, 0.4) is 0 Å². The number of allylic oxidation sites excluding steroid dienone is 5. The van der Waals surface area contributed by atoms with Gasteiger partial charge in [-0.2, -0.15) is 0 Å². The second kappa shape index (κ2) is 5.81. The zero-order chi connectivity index (χ0) is 16.7. The van der Waals surface area contributed by atoms with Gasteiger partial charge in [-0.1, -0.05) is 19.1 Å². The number of carbonyl (C=O) groups is 2. The van der Waals surface area contributed by atoms with Crippen LogP contribution in [0.5, 0.6) is 0 Å². The Morgan fingerprint density at radius 3 is 2.70 bits per heavy atom. The van der Waals surface area contributed by atoms with Crippen LogP contribution in [0.1, 0.15) is 13.3 Å². The third-order valence-corrected chi connectivity index (χ3v) is 5.05. The minimum Gasteiger partial charge on any atom is -0.504 e. The largest absolute Gasteiger partial charge is 0.504 e. The molecule has 0 radical (unpaired) electrons. The van der Waals surface area contributed by atoms with E-state index >= 15 is 0 Å². The molecule has 0 aliphatic heterocycles. The van der Waals surface area contributed by atoms with Gasteiger partial charge in [0.2, 0.25) is 5.78 Å². The van der Waals surface area contributed by atoms with Crippen molar-refractivity contribution in [3.8, 4) is 0 Å². The number of nitrogens with zero attached hydrogens (tertiary/aromatic N) is 1. The highest BCUT2D eigenvalue weighted by Gasteiger charge is 2.44. The Kier molecular flexibility index (Phi) is 3.98. The fourth-order valence-electron chi connectivity index (χ4n) is 3.70. The van der Waals surface area contributed by atoms with Crippen molar-refractivity contribution in [2.24, 2.45) is 11.8 Å². The molecular formula is C18H21NO4. The molecule has 3 atom stereocenters. The van der Waals surface area contributed by atoms with Crippen molar-refractivity contribution in [1.29, 1.82) is 0 Å². The minimum absolute atomic E-state index is 0.00667. The average molecular weight is 315 g/mol. The highest BCUT2D eigenvalue weighted by Crippen LogP contribution is 2.45. The second-order valence-corrected chi connectivity index (χ2v) is 6.19. The number of rotatable bonds is 3. The lowest BCUT2D eigenvalue weighted by Crippen LogP contribution is -2.45. The maximum atomic E-state index is 12.3. The van der Waals surface area contributed by atoms with Gasteiger partial charge in [0.1, 0.15) is 0 Å². The number of aliphatic hydroxyl groups excluding tert-OH is 1. The molecule has 122 valence electrons. The molecule has 0 heterocycles. The highest BCUT2D eigenvalue weighted by atomic mass is 16.5. The van der Waals surface area contributed by atoms with E-state index in [1.54, 1.807) is 6.08 Å². The molecule has 0 aromatic heterocycles. The molecule has 3 aliphatic carbocycles. The first-order valence-corrected chi connectivity index (χ1v) is 7.84. The summed E-state index contributed by atoms with van der Waals surface area (Å²) in [5.41, 5.74) is 1.44. The molecule has 23 heavy (non-hydrogen) atoms. The second-order valence-electron chi connectivity index (χ2n) is 6.19. The van der Waals surface area contributed by atoms with Crippen molar-refractivity contribution in [2.75, 3.05) is 20.7 Å². The molecule has 0 bridgehead atoms. The molecule has 5 heteroatoms. The predicted octanol–water partition coefficient (Wildman–Crippen LogP) is 1.93. The zero-order valence-electron chi connectivity index (χ0n) is 13.6. The minimum atomic E-state index is -0.396. The summed E-state index contributed by atoms with van der Waals surface area (Å²) in [6.45, 7) is 2.93. The van der Waals surface area contributed by atoms with Gasteiger partial charge in [-0.15, -0.1) is 0 Å². The van der Waals surface area contributed by atoms with Crippen LogP contribution in [0.25, 0.3) is 0 Å². The number of fused-ring (bicyclic) bond motifs is 3. The first-order valence-electron chi connectivity index (χ1n) is 7.84. The number of ether oxygens (including phenoxy) is 1. The molecular weight excluding hydrogens is 294 g/mol. The predicted molar refractivity (Wildman–Crippen MR) is 85.7 cm³/mol. The Balaban J connectivity index is 2.16. The lowest BCUT2D eigenvalue weighted by Gasteiger charge is -2.43. The maximum absolute atomic E-state index is 12.3. The van der Waals surface area contributed by atoms with Gasteiger partial charge in [-0.3, -0.25) is 14.5 Å². The molecule has 0 saturated heterocycles. The van der Waals surface area contributed by atoms with E-state index in [4.69, 9.17) is 4.74 Å². The summed E-state index contributed by atoms with van der Waals surface area (Å²) < 4.78 is 5.21. The highest BCUT2D eigenvalue weighted by molar-refractivity contribution is 6.05. The van der Waals surface area contributed by atoms with Gasteiger partial charge in [0, 0.05) is 29.9 Å². The molecule has 3 aliphatic rings. The lowest BCUT2D eigenvalue weighted by atomic mass is 9.66. The number of aliphatic hydroxyl groups is 1. The molecule has 3 rings (SSSR count). The van der Waals surface area contributed by atoms with Crippen molar-refractivity contribution < 1.29 is 19.4 Å². The molecule has 0 fully saturated rings. The molecule has 0 aromatic carbocycles. The summed E-state index contributed by atoms with van der Waals surface area (Å²) in [5.74, 6) is -0.548. The standard InChI is InChI=1S/C18H21NO4/c1-4-19(2)13-7-10-5-6-14(20)18(22)17(10)12-8-15(21)16(23-3)9-11(12)13/h5-7,9,11-13,22H,4,8H2,1-3H3/t11?,12?,13-/m0/s1. The average Bonchev–Trinajstić information content (AvgIpc) is 2.55. The fraction of sp³-hybridized carbons (Fsp3) is 0.444. The van der Waals surface area contributed by atoms with Crippen LogP contribution in [0.15, 0.2) is 47.0 Å². The molecule has 0 amide bonds. The third kappa shape index (κ3) is 2.45. The Morgan fingerprint density at radius 1 is 1.30 bits per heavy atom. The van der Waals surface area contributed by atoms with Gasteiger partial charge in [0.25, 0.3) is 0 Å². The maximum Gasteiger partial charge on any atom is 0.220 e. The molecule has 0 saturated carbocycles. The van der Waals surface area contributed by atoms with Gasteiger partial charge < -0.3 is 9.84 Å². The van der Waals surface area contributed by atoms with Crippen molar-refractivity contribution in [2.45, 2.75) is 19.4 Å². The smallest absolute Gasteiger partial charge is 0.220 e. The normalized spacial score (nSPS) is 30.0. The Hall–Kier alpha value is -2.14. The van der Waals surface area contributed by atoms with E-state index in [1.165, 1.54) is 13.2 Å². The van der Waals surface area contributed by atoms with Crippen LogP contribution in [-0.4, -0.2) is 48.3 Å². The Labute approximate surface area is 135 Å². The summed E-state index contributed by atoms with van der Waals surface area (Å²) in [6, 6.07) is 0.0904. The van der Waals surface area contributed by atoms with E-state index in [0.29, 0.717) is 11.3 Å². The van der Waals surface area contributed by atoms with E-state index < -0.39 is 5.78 Å². The van der Waals surface area contributed by atoms with Gasteiger partial charge >= 0.3 is 0 Å². The fourth-order valence-corrected chi connectivity index (χ4v) is 3.70. The van der Waals surface area contributed by atoms with Crippen molar-refractivity contribution in [3.63, 3.8) is 0 Å². The van der Waals surface area contributed by atoms with Crippen LogP contribution < -0.4 is 0 Å². The Bertz CT molecular complexity index is 683. The monoisotopic (exact) mass is 315 g/mol. The van der Waals surface area contributed by atoms with E-state index in [-0.39, 0.29) is 35.8 Å². The molecule has 5 nitrogen and oxygen atoms in total. The molecule has 1 N–H and O–H groups in total. The number of hydrogen-bond donors (Lipinski definition) is 1. The van der Waals surface area contributed by atoms with Crippen LogP contribution in [-0.2, 0) is 14.3 Å². The SMILES string of the molecule is CCN(C)[C@H]1C=C2C=CC(=O)C(O)=C2C2CC(=O)C(OC)=CC21. The number of hydrogen-bond acceptors (Lipinski definition) is 5. The number of likely N-dealkylation sites (N-methyl/N-ethyl adjacent to an activating group) is 1. The van der Waals surface area contributed by atoms with Crippen LogP contribution in [0.4, 0.5) is 0 Å². The van der Waals surface area contributed by atoms with Crippen LogP contribution >= 0.6 is 0 Å². The van der Waals surface area contributed by atoms with Gasteiger partial charge in [0.15, 0.2) is 17.3 Å². The van der Waals surface area contributed by atoms with E-state index in [0.717, 1.165) is 12.1 Å². The number of methoxy groups -OCH3 is 1. The topological polar surface area (TPSA) is 66.8 Å². The van der Waals surface area contributed by atoms with Gasteiger partial charge in [-0.05, 0) is 31.3 Å². The zero-order valence-corrected chi connectivity index (χ0v) is 13.6. The summed E-state index contributed by atoms with van der Waals surface area (Å²) in [5, 5.41) is 10.3. The van der Waals surface area contributed by atoms with E-state index in [1.807, 2.05) is 13.1 Å². The van der Waals surface area contributed by atoms with Gasteiger partial charge in [0.05, 0.1) is 7.11 Å². The molecule has 2 unspecified atom stereocenters.